The first-order valence-corrected chi connectivity index (χ1v) is 4.77. The molecule has 0 amide bonds. The van der Waals surface area contributed by atoms with E-state index in [0.29, 0.717) is 21.5 Å². The van der Waals surface area contributed by atoms with Crippen molar-refractivity contribution in [2.75, 3.05) is 11.5 Å². The first-order valence-electron chi connectivity index (χ1n) is 3.89. The van der Waals surface area contributed by atoms with Gasteiger partial charge < -0.3 is 16.6 Å². The topological polar surface area (TPSA) is 89.3 Å². The Bertz CT molecular complexity index is 519. The molecule has 1 heterocycles. The van der Waals surface area contributed by atoms with Crippen LogP contribution in [-0.2, 0) is 0 Å². The summed E-state index contributed by atoms with van der Waals surface area (Å²) in [6.07, 6.45) is 0. The maximum Gasteiger partial charge on any atom is 0.337 e. The minimum atomic E-state index is -0.982. The molecule has 0 aliphatic rings. The molecule has 0 aliphatic heterocycles. The lowest BCUT2D eigenvalue weighted by atomic mass is 10.1. The van der Waals surface area contributed by atoms with E-state index in [1.54, 1.807) is 11.4 Å². The van der Waals surface area contributed by atoms with Gasteiger partial charge in [0.05, 0.1) is 21.6 Å². The summed E-state index contributed by atoms with van der Waals surface area (Å²) in [4.78, 5) is 10.9. The van der Waals surface area contributed by atoms with Gasteiger partial charge in [0.15, 0.2) is 0 Å². The van der Waals surface area contributed by atoms with E-state index in [4.69, 9.17) is 16.6 Å². The maximum absolute atomic E-state index is 10.9. The lowest BCUT2D eigenvalue weighted by molar-refractivity contribution is 0.0699. The van der Waals surface area contributed by atoms with E-state index in [1.165, 1.54) is 17.4 Å². The first-order chi connectivity index (χ1) is 6.61. The van der Waals surface area contributed by atoms with Crippen LogP contribution in [0.15, 0.2) is 17.5 Å². The molecule has 0 radical (unpaired) electrons. The van der Waals surface area contributed by atoms with E-state index in [2.05, 4.69) is 0 Å². The van der Waals surface area contributed by atoms with E-state index in [9.17, 15) is 4.79 Å². The Labute approximate surface area is 83.8 Å². The molecule has 2 rings (SSSR count). The molecule has 1 aromatic carbocycles. The van der Waals surface area contributed by atoms with E-state index in [1.807, 2.05) is 0 Å². The highest BCUT2D eigenvalue weighted by atomic mass is 32.1. The SMILES string of the molecule is Nc1cc(C(=O)O)c2sccc2c1N. The number of benzene rings is 1. The Hall–Kier alpha value is -1.75. The highest BCUT2D eigenvalue weighted by Crippen LogP contribution is 2.33. The Morgan fingerprint density at radius 1 is 1.43 bits per heavy atom. The Morgan fingerprint density at radius 2 is 2.14 bits per heavy atom. The van der Waals surface area contributed by atoms with Gasteiger partial charge in [0.2, 0.25) is 0 Å². The van der Waals surface area contributed by atoms with Crippen LogP contribution in [0.5, 0.6) is 0 Å². The van der Waals surface area contributed by atoms with Crippen LogP contribution in [-0.4, -0.2) is 11.1 Å². The standard InChI is InChI=1S/C9H8N2O2S/c10-6-3-5(9(12)13)8-4(7(6)11)1-2-14-8/h1-3H,10-11H2,(H,12,13). The summed E-state index contributed by atoms with van der Waals surface area (Å²) in [7, 11) is 0. The summed E-state index contributed by atoms with van der Waals surface area (Å²) in [5, 5.41) is 11.4. The van der Waals surface area contributed by atoms with Gasteiger partial charge in [-0.2, -0.15) is 0 Å². The van der Waals surface area contributed by atoms with Gasteiger partial charge in [0, 0.05) is 5.39 Å². The van der Waals surface area contributed by atoms with Crippen molar-refractivity contribution in [1.82, 2.24) is 0 Å². The van der Waals surface area contributed by atoms with E-state index in [-0.39, 0.29) is 5.56 Å². The molecule has 5 heteroatoms. The van der Waals surface area contributed by atoms with Gasteiger partial charge >= 0.3 is 5.97 Å². The highest BCUT2D eigenvalue weighted by molar-refractivity contribution is 7.17. The van der Waals surface area contributed by atoms with Crippen LogP contribution in [0.3, 0.4) is 0 Å². The van der Waals surface area contributed by atoms with Crippen molar-refractivity contribution in [3.63, 3.8) is 0 Å². The molecule has 0 unspecified atom stereocenters. The van der Waals surface area contributed by atoms with Gasteiger partial charge in [0.25, 0.3) is 0 Å². The summed E-state index contributed by atoms with van der Waals surface area (Å²) in [5.74, 6) is -0.982. The smallest absolute Gasteiger partial charge is 0.337 e. The number of carboxylic acids is 1. The second-order valence-electron chi connectivity index (χ2n) is 2.90. The number of fused-ring (bicyclic) bond motifs is 1. The number of hydrogen-bond donors (Lipinski definition) is 3. The minimum Gasteiger partial charge on any atom is -0.478 e. The number of anilines is 2. The highest BCUT2D eigenvalue weighted by Gasteiger charge is 2.13. The number of carbonyl (C=O) groups is 1. The van der Waals surface area contributed by atoms with Crippen LogP contribution in [0, 0.1) is 0 Å². The van der Waals surface area contributed by atoms with Crippen molar-refractivity contribution in [1.29, 1.82) is 0 Å². The fourth-order valence-electron chi connectivity index (χ4n) is 1.34. The Balaban J connectivity index is 2.91. The molecule has 14 heavy (non-hydrogen) atoms. The third kappa shape index (κ3) is 1.10. The molecule has 5 N–H and O–H groups in total. The van der Waals surface area contributed by atoms with Crippen LogP contribution in [0.2, 0.25) is 0 Å². The number of thiophene rings is 1. The second-order valence-corrected chi connectivity index (χ2v) is 3.81. The van der Waals surface area contributed by atoms with Gasteiger partial charge in [-0.1, -0.05) is 0 Å². The van der Waals surface area contributed by atoms with E-state index in [0.717, 1.165) is 0 Å². The van der Waals surface area contributed by atoms with Crippen LogP contribution in [0.1, 0.15) is 10.4 Å². The molecule has 4 nitrogen and oxygen atoms in total. The molecule has 0 spiro atoms. The molecule has 0 bridgehead atoms. The van der Waals surface area contributed by atoms with Gasteiger partial charge in [-0.15, -0.1) is 11.3 Å². The van der Waals surface area contributed by atoms with Crippen LogP contribution in [0.4, 0.5) is 11.4 Å². The van der Waals surface area contributed by atoms with Crippen molar-refractivity contribution >= 4 is 38.8 Å². The number of nitrogen functional groups attached to an aromatic ring is 2. The number of rotatable bonds is 1. The largest absolute Gasteiger partial charge is 0.478 e. The molecule has 1 aromatic heterocycles. The monoisotopic (exact) mass is 208 g/mol. The summed E-state index contributed by atoms with van der Waals surface area (Å²) in [6, 6.07) is 3.18. The van der Waals surface area contributed by atoms with Crippen molar-refractivity contribution < 1.29 is 9.90 Å². The fraction of sp³-hybridized carbons (Fsp3) is 0. The predicted molar refractivity (Wildman–Crippen MR) is 57.6 cm³/mol. The number of aromatic carboxylic acids is 1. The zero-order chi connectivity index (χ0) is 10.3. The Morgan fingerprint density at radius 3 is 2.79 bits per heavy atom. The van der Waals surface area contributed by atoms with Crippen LogP contribution >= 0.6 is 11.3 Å². The van der Waals surface area contributed by atoms with Gasteiger partial charge in [-0.25, -0.2) is 4.79 Å². The van der Waals surface area contributed by atoms with Crippen LogP contribution in [0.25, 0.3) is 10.1 Å². The van der Waals surface area contributed by atoms with Crippen molar-refractivity contribution in [3.8, 4) is 0 Å². The van der Waals surface area contributed by atoms with E-state index >= 15 is 0 Å². The second kappa shape index (κ2) is 2.88. The number of carboxylic acid groups (broad SMARTS) is 1. The van der Waals surface area contributed by atoms with Crippen LogP contribution < -0.4 is 11.5 Å². The zero-order valence-corrected chi connectivity index (χ0v) is 7.97. The van der Waals surface area contributed by atoms with Gasteiger partial charge in [-0.3, -0.25) is 0 Å². The van der Waals surface area contributed by atoms with Crippen molar-refractivity contribution in [2.45, 2.75) is 0 Å². The van der Waals surface area contributed by atoms with Crippen molar-refractivity contribution in [3.05, 3.63) is 23.1 Å². The third-order valence-electron chi connectivity index (χ3n) is 2.04. The summed E-state index contributed by atoms with van der Waals surface area (Å²) in [5.41, 5.74) is 12.3. The molecule has 0 fully saturated rings. The molecule has 0 atom stereocenters. The first kappa shape index (κ1) is 8.83. The summed E-state index contributed by atoms with van der Waals surface area (Å²) < 4.78 is 0.671. The molecule has 0 saturated carbocycles. The minimum absolute atomic E-state index is 0.210. The van der Waals surface area contributed by atoms with Gasteiger partial charge in [0.1, 0.15) is 0 Å². The maximum atomic E-state index is 10.9. The normalized spacial score (nSPS) is 10.6. The molecule has 0 aliphatic carbocycles. The Kier molecular flexibility index (Phi) is 1.82. The zero-order valence-electron chi connectivity index (χ0n) is 7.15. The lowest BCUT2D eigenvalue weighted by Gasteiger charge is -2.04. The third-order valence-corrected chi connectivity index (χ3v) is 2.99. The molecule has 2 aromatic rings. The molecular formula is C9H8N2O2S. The van der Waals surface area contributed by atoms with E-state index < -0.39 is 5.97 Å². The van der Waals surface area contributed by atoms with Gasteiger partial charge in [-0.05, 0) is 17.5 Å². The molecule has 72 valence electrons. The number of hydrogen-bond acceptors (Lipinski definition) is 4. The predicted octanol–water partition coefficient (Wildman–Crippen LogP) is 1.76. The average Bonchev–Trinajstić information content (AvgIpc) is 2.59. The average molecular weight is 208 g/mol. The summed E-state index contributed by atoms with van der Waals surface area (Å²) >= 11 is 1.35. The van der Waals surface area contributed by atoms with Crippen molar-refractivity contribution in [2.24, 2.45) is 0 Å². The molecular weight excluding hydrogens is 200 g/mol. The summed E-state index contributed by atoms with van der Waals surface area (Å²) in [6.45, 7) is 0. The quantitative estimate of drug-likeness (QED) is 0.623. The molecule has 0 saturated heterocycles. The lowest BCUT2D eigenvalue weighted by Crippen LogP contribution is -2.01. The fourth-order valence-corrected chi connectivity index (χ4v) is 2.26. The number of nitrogens with two attached hydrogens (primary N) is 2.